The average molecular weight is 303 g/mol. The van der Waals surface area contributed by atoms with E-state index in [0.29, 0.717) is 0 Å². The summed E-state index contributed by atoms with van der Waals surface area (Å²) in [6, 6.07) is 13.6. The van der Waals surface area contributed by atoms with Crippen molar-refractivity contribution in [1.29, 1.82) is 0 Å². The van der Waals surface area contributed by atoms with E-state index >= 15 is 0 Å². The SMILES string of the molecule is NC(=O)Nc1ccc2c(c1)C(Br)c1ccccc1-2. The van der Waals surface area contributed by atoms with Crippen molar-refractivity contribution in [3.05, 3.63) is 53.6 Å². The van der Waals surface area contributed by atoms with Crippen LogP contribution in [-0.2, 0) is 0 Å². The predicted molar refractivity (Wildman–Crippen MR) is 75.9 cm³/mol. The summed E-state index contributed by atoms with van der Waals surface area (Å²) in [6.07, 6.45) is 0. The number of carbonyl (C=O) groups is 1. The summed E-state index contributed by atoms with van der Waals surface area (Å²) in [5, 5.41) is 2.60. The Hall–Kier alpha value is -1.81. The molecule has 1 atom stereocenters. The molecule has 0 bridgehead atoms. The van der Waals surface area contributed by atoms with Gasteiger partial charge in [-0.05, 0) is 34.4 Å². The fraction of sp³-hybridized carbons (Fsp3) is 0.0714. The zero-order valence-electron chi connectivity index (χ0n) is 9.48. The summed E-state index contributed by atoms with van der Waals surface area (Å²) in [5.41, 5.74) is 10.7. The Bertz CT molecular complexity index is 639. The first-order valence-electron chi connectivity index (χ1n) is 5.60. The second kappa shape index (κ2) is 4.14. The van der Waals surface area contributed by atoms with Crippen LogP contribution in [0.2, 0.25) is 0 Å². The molecule has 0 heterocycles. The van der Waals surface area contributed by atoms with E-state index in [4.69, 9.17) is 5.73 Å². The van der Waals surface area contributed by atoms with Crippen molar-refractivity contribution in [2.24, 2.45) is 5.73 Å². The molecule has 2 aromatic rings. The van der Waals surface area contributed by atoms with E-state index in [2.05, 4.69) is 33.4 Å². The standard InChI is InChI=1S/C14H11BrN2O/c15-13-11-4-2-1-3-9(11)10-6-5-8(7-12(10)13)17-14(16)18/h1-7,13H,(H3,16,17,18). The first kappa shape index (κ1) is 11.3. The lowest BCUT2D eigenvalue weighted by Gasteiger charge is -2.07. The van der Waals surface area contributed by atoms with E-state index in [1.54, 1.807) is 0 Å². The number of hydrogen-bond donors (Lipinski definition) is 2. The quantitative estimate of drug-likeness (QED) is 0.776. The van der Waals surface area contributed by atoms with Crippen LogP contribution in [0.25, 0.3) is 11.1 Å². The van der Waals surface area contributed by atoms with Crippen LogP contribution in [-0.4, -0.2) is 6.03 Å². The third-order valence-electron chi connectivity index (χ3n) is 3.12. The lowest BCUT2D eigenvalue weighted by atomic mass is 10.1. The molecule has 2 amide bonds. The van der Waals surface area contributed by atoms with Crippen LogP contribution < -0.4 is 11.1 Å². The molecule has 3 nitrogen and oxygen atoms in total. The van der Waals surface area contributed by atoms with E-state index in [9.17, 15) is 4.79 Å². The molecule has 18 heavy (non-hydrogen) atoms. The highest BCUT2D eigenvalue weighted by atomic mass is 79.9. The number of anilines is 1. The minimum Gasteiger partial charge on any atom is -0.351 e. The van der Waals surface area contributed by atoms with Crippen LogP contribution in [0.4, 0.5) is 10.5 Å². The van der Waals surface area contributed by atoms with E-state index in [-0.39, 0.29) is 4.83 Å². The van der Waals surface area contributed by atoms with Crippen molar-refractivity contribution in [2.75, 3.05) is 5.32 Å². The molecule has 3 N–H and O–H groups in total. The molecular weight excluding hydrogens is 292 g/mol. The van der Waals surface area contributed by atoms with Gasteiger partial charge in [-0.25, -0.2) is 4.79 Å². The summed E-state index contributed by atoms with van der Waals surface area (Å²) < 4.78 is 0. The Kier molecular flexibility index (Phi) is 2.59. The number of nitrogens with two attached hydrogens (primary N) is 1. The Morgan fingerprint density at radius 2 is 1.83 bits per heavy atom. The number of fused-ring (bicyclic) bond motifs is 3. The number of urea groups is 1. The van der Waals surface area contributed by atoms with Gasteiger partial charge in [-0.1, -0.05) is 46.3 Å². The molecule has 0 radical (unpaired) electrons. The van der Waals surface area contributed by atoms with Gasteiger partial charge in [0, 0.05) is 5.69 Å². The monoisotopic (exact) mass is 302 g/mol. The molecule has 0 fully saturated rings. The maximum atomic E-state index is 10.9. The normalized spacial score (nSPS) is 15.9. The Morgan fingerprint density at radius 3 is 2.61 bits per heavy atom. The molecule has 0 spiro atoms. The predicted octanol–water partition coefficient (Wildman–Crippen LogP) is 3.64. The summed E-state index contributed by atoms with van der Waals surface area (Å²) in [7, 11) is 0. The maximum absolute atomic E-state index is 10.9. The molecular formula is C14H11BrN2O. The van der Waals surface area contributed by atoms with Gasteiger partial charge in [0.25, 0.3) is 0 Å². The molecule has 0 saturated carbocycles. The topological polar surface area (TPSA) is 55.1 Å². The van der Waals surface area contributed by atoms with E-state index in [1.807, 2.05) is 30.3 Å². The molecule has 0 aliphatic heterocycles. The number of nitrogens with one attached hydrogen (secondary N) is 1. The van der Waals surface area contributed by atoms with E-state index in [1.165, 1.54) is 16.7 Å². The number of benzene rings is 2. The second-order valence-corrected chi connectivity index (χ2v) is 5.16. The Balaban J connectivity index is 2.10. The molecule has 1 aliphatic rings. The van der Waals surface area contributed by atoms with Gasteiger partial charge in [-0.2, -0.15) is 0 Å². The van der Waals surface area contributed by atoms with Crippen molar-refractivity contribution >= 4 is 27.6 Å². The highest BCUT2D eigenvalue weighted by molar-refractivity contribution is 9.09. The van der Waals surface area contributed by atoms with Gasteiger partial charge in [0.15, 0.2) is 0 Å². The van der Waals surface area contributed by atoms with Crippen molar-refractivity contribution in [3.8, 4) is 11.1 Å². The van der Waals surface area contributed by atoms with Gasteiger partial charge in [0.05, 0.1) is 4.83 Å². The zero-order valence-corrected chi connectivity index (χ0v) is 11.1. The van der Waals surface area contributed by atoms with Gasteiger partial charge >= 0.3 is 6.03 Å². The number of primary amides is 1. The van der Waals surface area contributed by atoms with Crippen LogP contribution in [0.3, 0.4) is 0 Å². The van der Waals surface area contributed by atoms with Crippen LogP contribution in [0.1, 0.15) is 16.0 Å². The summed E-state index contributed by atoms with van der Waals surface area (Å²) in [5.74, 6) is 0. The minimum absolute atomic E-state index is 0.165. The van der Waals surface area contributed by atoms with Crippen molar-refractivity contribution in [2.45, 2.75) is 4.83 Å². The summed E-state index contributed by atoms with van der Waals surface area (Å²) in [6.45, 7) is 0. The van der Waals surface area contributed by atoms with Gasteiger partial charge in [0.1, 0.15) is 0 Å². The molecule has 0 saturated heterocycles. The van der Waals surface area contributed by atoms with Crippen LogP contribution >= 0.6 is 15.9 Å². The first-order valence-corrected chi connectivity index (χ1v) is 6.52. The lowest BCUT2D eigenvalue weighted by molar-refractivity contribution is 0.259. The molecule has 3 rings (SSSR count). The fourth-order valence-electron chi connectivity index (χ4n) is 2.37. The van der Waals surface area contributed by atoms with Gasteiger partial charge < -0.3 is 11.1 Å². The Morgan fingerprint density at radius 1 is 1.11 bits per heavy atom. The molecule has 1 aliphatic carbocycles. The first-order chi connectivity index (χ1) is 8.66. The van der Waals surface area contributed by atoms with Crippen LogP contribution in [0.15, 0.2) is 42.5 Å². The highest BCUT2D eigenvalue weighted by Gasteiger charge is 2.26. The van der Waals surface area contributed by atoms with Gasteiger partial charge in [-0.15, -0.1) is 0 Å². The average Bonchev–Trinajstić information content (AvgIpc) is 2.63. The second-order valence-electron chi connectivity index (χ2n) is 4.24. The molecule has 2 aromatic carbocycles. The molecule has 0 aromatic heterocycles. The molecule has 90 valence electrons. The number of halogens is 1. The number of rotatable bonds is 1. The third-order valence-corrected chi connectivity index (χ3v) is 4.10. The van der Waals surface area contributed by atoms with E-state index in [0.717, 1.165) is 11.3 Å². The van der Waals surface area contributed by atoms with E-state index < -0.39 is 6.03 Å². The molecule has 1 unspecified atom stereocenters. The van der Waals surface area contributed by atoms with Gasteiger partial charge in [-0.3, -0.25) is 0 Å². The maximum Gasteiger partial charge on any atom is 0.316 e. The minimum atomic E-state index is -0.545. The number of carbonyl (C=O) groups excluding carboxylic acids is 1. The fourth-order valence-corrected chi connectivity index (χ4v) is 3.15. The van der Waals surface area contributed by atoms with Crippen molar-refractivity contribution < 1.29 is 4.79 Å². The molecule has 4 heteroatoms. The number of hydrogen-bond acceptors (Lipinski definition) is 1. The summed E-state index contributed by atoms with van der Waals surface area (Å²) in [4.78, 5) is 11.0. The number of amides is 2. The van der Waals surface area contributed by atoms with Crippen LogP contribution in [0.5, 0.6) is 0 Å². The third kappa shape index (κ3) is 1.69. The Labute approximate surface area is 113 Å². The highest BCUT2D eigenvalue weighted by Crippen LogP contribution is 2.48. The smallest absolute Gasteiger partial charge is 0.316 e. The van der Waals surface area contributed by atoms with Crippen LogP contribution in [0, 0.1) is 0 Å². The van der Waals surface area contributed by atoms with Crippen molar-refractivity contribution in [1.82, 2.24) is 0 Å². The largest absolute Gasteiger partial charge is 0.351 e. The number of alkyl halides is 1. The lowest BCUT2D eigenvalue weighted by Crippen LogP contribution is -2.19. The van der Waals surface area contributed by atoms with Crippen molar-refractivity contribution in [3.63, 3.8) is 0 Å². The zero-order chi connectivity index (χ0) is 12.7. The summed E-state index contributed by atoms with van der Waals surface area (Å²) >= 11 is 3.69. The van der Waals surface area contributed by atoms with Gasteiger partial charge in [0.2, 0.25) is 0 Å².